The summed E-state index contributed by atoms with van der Waals surface area (Å²) in [6, 6.07) is 0. The quantitative estimate of drug-likeness (QED) is 0.446. The third-order valence-electron chi connectivity index (χ3n) is 2.76. The van der Waals surface area contributed by atoms with E-state index in [1.807, 2.05) is 6.92 Å². The van der Waals surface area contributed by atoms with Gasteiger partial charge in [0, 0.05) is 25.3 Å². The van der Waals surface area contributed by atoms with Crippen LogP contribution in [-0.2, 0) is 19.1 Å². The molecule has 0 radical (unpaired) electrons. The second-order valence-corrected chi connectivity index (χ2v) is 4.36. The van der Waals surface area contributed by atoms with E-state index in [1.165, 1.54) is 6.92 Å². The molecular weight excluding hydrogens is 256 g/mol. The molecule has 18 heavy (non-hydrogen) atoms. The van der Waals surface area contributed by atoms with Crippen molar-refractivity contribution in [3.8, 4) is 12.3 Å². The molecular formula is C13H15ClO4. The lowest BCUT2D eigenvalue weighted by atomic mass is 9.88. The fourth-order valence-corrected chi connectivity index (χ4v) is 1.97. The van der Waals surface area contributed by atoms with Crippen LogP contribution in [0.2, 0.25) is 0 Å². The van der Waals surface area contributed by atoms with Gasteiger partial charge in [-0.15, -0.1) is 18.0 Å². The number of hydrogen-bond donors (Lipinski definition) is 0. The van der Waals surface area contributed by atoms with E-state index >= 15 is 0 Å². The Labute approximate surface area is 111 Å². The molecule has 0 aromatic rings. The molecule has 0 spiro atoms. The maximum Gasteiger partial charge on any atom is 0.321 e. The number of carbonyl (C=O) groups is 2. The zero-order valence-electron chi connectivity index (χ0n) is 10.4. The molecule has 1 aliphatic carbocycles. The van der Waals surface area contributed by atoms with E-state index in [0.29, 0.717) is 18.4 Å². The predicted molar refractivity (Wildman–Crippen MR) is 66.9 cm³/mol. The lowest BCUT2D eigenvalue weighted by molar-refractivity contribution is -0.151. The highest BCUT2D eigenvalue weighted by atomic mass is 35.5. The van der Waals surface area contributed by atoms with Gasteiger partial charge in [-0.3, -0.25) is 9.59 Å². The Morgan fingerprint density at radius 2 is 2.17 bits per heavy atom. The average molecular weight is 271 g/mol. The Balaban J connectivity index is 2.84. The highest BCUT2D eigenvalue weighted by Gasteiger charge is 2.30. The van der Waals surface area contributed by atoms with Gasteiger partial charge in [0.05, 0.1) is 0 Å². The van der Waals surface area contributed by atoms with Gasteiger partial charge in [0.25, 0.3) is 0 Å². The van der Waals surface area contributed by atoms with Gasteiger partial charge in [-0.1, -0.05) is 5.92 Å². The summed E-state index contributed by atoms with van der Waals surface area (Å²) in [6.07, 6.45) is 5.47. The van der Waals surface area contributed by atoms with Crippen molar-refractivity contribution in [1.82, 2.24) is 0 Å². The number of esters is 2. The van der Waals surface area contributed by atoms with Crippen molar-refractivity contribution in [1.29, 1.82) is 0 Å². The van der Waals surface area contributed by atoms with Crippen LogP contribution in [0.4, 0.5) is 0 Å². The fourth-order valence-electron chi connectivity index (χ4n) is 1.91. The van der Waals surface area contributed by atoms with Crippen molar-refractivity contribution in [2.75, 3.05) is 5.88 Å². The third kappa shape index (κ3) is 3.78. The van der Waals surface area contributed by atoms with E-state index in [-0.39, 0.29) is 18.0 Å². The standard InChI is InChI=1S/C13H15ClO4/c1-4-10-5-11(17-9(3)15)6-12(8(10)2)18-13(16)7-14/h1,11-12H,5-7H2,2-3H3/t11-,12-/m1/s1. The first-order chi connectivity index (χ1) is 8.47. The molecule has 1 rings (SSSR count). The first-order valence-electron chi connectivity index (χ1n) is 5.56. The van der Waals surface area contributed by atoms with E-state index in [1.54, 1.807) is 0 Å². The third-order valence-corrected chi connectivity index (χ3v) is 2.98. The SMILES string of the molecule is C#CC1=C(C)[C@H](OC(=O)CCl)C[C@H](OC(C)=O)C1. The van der Waals surface area contributed by atoms with Gasteiger partial charge in [0.2, 0.25) is 0 Å². The molecule has 4 nitrogen and oxygen atoms in total. The van der Waals surface area contributed by atoms with Gasteiger partial charge in [-0.2, -0.15) is 0 Å². The van der Waals surface area contributed by atoms with E-state index in [4.69, 9.17) is 27.5 Å². The van der Waals surface area contributed by atoms with Crippen molar-refractivity contribution in [2.45, 2.75) is 38.9 Å². The number of carbonyl (C=O) groups excluding carboxylic acids is 2. The largest absolute Gasteiger partial charge is 0.462 e. The van der Waals surface area contributed by atoms with Gasteiger partial charge < -0.3 is 9.47 Å². The summed E-state index contributed by atoms with van der Waals surface area (Å²) in [5, 5.41) is 0. The molecule has 5 heteroatoms. The molecule has 2 atom stereocenters. The van der Waals surface area contributed by atoms with Crippen molar-refractivity contribution in [3.63, 3.8) is 0 Å². The Hall–Kier alpha value is -1.47. The van der Waals surface area contributed by atoms with E-state index < -0.39 is 12.1 Å². The molecule has 0 aliphatic heterocycles. The first kappa shape index (κ1) is 14.6. The molecule has 0 fully saturated rings. The lowest BCUT2D eigenvalue weighted by Crippen LogP contribution is -2.32. The minimum atomic E-state index is -0.513. The number of terminal acetylenes is 1. The maximum absolute atomic E-state index is 11.2. The Morgan fingerprint density at radius 3 is 2.67 bits per heavy atom. The fraction of sp³-hybridized carbons (Fsp3) is 0.538. The summed E-state index contributed by atoms with van der Waals surface area (Å²) in [5.74, 6) is 1.44. The van der Waals surface area contributed by atoms with Gasteiger partial charge >= 0.3 is 11.9 Å². The van der Waals surface area contributed by atoms with Crippen molar-refractivity contribution in [3.05, 3.63) is 11.1 Å². The van der Waals surface area contributed by atoms with Crippen LogP contribution in [0.25, 0.3) is 0 Å². The Morgan fingerprint density at radius 1 is 1.50 bits per heavy atom. The highest BCUT2D eigenvalue weighted by Crippen LogP contribution is 2.29. The lowest BCUT2D eigenvalue weighted by Gasteiger charge is -2.29. The second kappa shape index (κ2) is 6.46. The van der Waals surface area contributed by atoms with Crippen molar-refractivity contribution < 1.29 is 19.1 Å². The normalized spacial score (nSPS) is 23.2. The molecule has 0 unspecified atom stereocenters. The highest BCUT2D eigenvalue weighted by molar-refractivity contribution is 6.26. The summed E-state index contributed by atoms with van der Waals surface area (Å²) >= 11 is 5.39. The minimum Gasteiger partial charge on any atom is -0.462 e. The molecule has 0 saturated carbocycles. The van der Waals surface area contributed by atoms with Crippen LogP contribution in [-0.4, -0.2) is 30.0 Å². The molecule has 0 aromatic carbocycles. The van der Waals surface area contributed by atoms with Crippen LogP contribution in [0.5, 0.6) is 0 Å². The summed E-state index contributed by atoms with van der Waals surface area (Å²) in [5.41, 5.74) is 1.53. The Bertz CT molecular complexity index is 419. The first-order valence-corrected chi connectivity index (χ1v) is 6.10. The number of hydrogen-bond acceptors (Lipinski definition) is 4. The van der Waals surface area contributed by atoms with Crippen LogP contribution < -0.4 is 0 Å². The number of rotatable bonds is 3. The zero-order chi connectivity index (χ0) is 13.7. The van der Waals surface area contributed by atoms with Crippen molar-refractivity contribution >= 4 is 23.5 Å². The van der Waals surface area contributed by atoms with Crippen molar-refractivity contribution in [2.24, 2.45) is 0 Å². The van der Waals surface area contributed by atoms with E-state index in [9.17, 15) is 9.59 Å². The summed E-state index contributed by atoms with van der Waals surface area (Å²) in [4.78, 5) is 22.2. The molecule has 0 saturated heterocycles. The van der Waals surface area contributed by atoms with E-state index in [0.717, 1.165) is 5.57 Å². The summed E-state index contributed by atoms with van der Waals surface area (Å²) < 4.78 is 10.3. The smallest absolute Gasteiger partial charge is 0.321 e. The van der Waals surface area contributed by atoms with Crippen LogP contribution in [0.3, 0.4) is 0 Å². The van der Waals surface area contributed by atoms with Gasteiger partial charge in [-0.25, -0.2) is 0 Å². The average Bonchev–Trinajstić information content (AvgIpc) is 2.32. The predicted octanol–water partition coefficient (Wildman–Crippen LogP) is 1.81. The summed E-state index contributed by atoms with van der Waals surface area (Å²) in [6.45, 7) is 3.14. The van der Waals surface area contributed by atoms with Crippen LogP contribution in [0.15, 0.2) is 11.1 Å². The number of alkyl halides is 1. The number of halogens is 1. The van der Waals surface area contributed by atoms with Crippen LogP contribution in [0.1, 0.15) is 26.7 Å². The van der Waals surface area contributed by atoms with Crippen LogP contribution >= 0.6 is 11.6 Å². The maximum atomic E-state index is 11.2. The molecule has 0 heterocycles. The second-order valence-electron chi connectivity index (χ2n) is 4.09. The van der Waals surface area contributed by atoms with Gasteiger partial charge in [-0.05, 0) is 12.5 Å². The molecule has 1 aliphatic rings. The molecule has 0 bridgehead atoms. The minimum absolute atomic E-state index is 0.215. The zero-order valence-corrected chi connectivity index (χ0v) is 11.1. The van der Waals surface area contributed by atoms with Gasteiger partial charge in [0.1, 0.15) is 18.1 Å². The molecule has 0 amide bonds. The van der Waals surface area contributed by atoms with Gasteiger partial charge in [0.15, 0.2) is 0 Å². The van der Waals surface area contributed by atoms with Crippen LogP contribution in [0, 0.1) is 12.3 Å². The monoisotopic (exact) mass is 270 g/mol. The molecule has 0 N–H and O–H groups in total. The summed E-state index contributed by atoms with van der Waals surface area (Å²) in [7, 11) is 0. The van der Waals surface area contributed by atoms with E-state index in [2.05, 4.69) is 5.92 Å². The Kier molecular flexibility index (Phi) is 5.24. The molecule has 0 aromatic heterocycles. The molecule has 98 valence electrons. The topological polar surface area (TPSA) is 52.6 Å². The number of ether oxygens (including phenoxy) is 2.